The molecule has 1 saturated heterocycles. The van der Waals surface area contributed by atoms with Gasteiger partial charge in [0.1, 0.15) is 23.6 Å². The number of cyclic esters (lactones) is 1. The van der Waals surface area contributed by atoms with Crippen molar-refractivity contribution in [3.63, 3.8) is 0 Å². The van der Waals surface area contributed by atoms with Gasteiger partial charge in [-0.05, 0) is 91.0 Å². The van der Waals surface area contributed by atoms with Gasteiger partial charge in [-0.3, -0.25) is 14.4 Å². The Hall–Kier alpha value is -4.78. The van der Waals surface area contributed by atoms with Gasteiger partial charge in [0.05, 0.1) is 29.0 Å². The highest BCUT2D eigenvalue weighted by Crippen LogP contribution is 2.41. The van der Waals surface area contributed by atoms with Crippen LogP contribution in [0.3, 0.4) is 0 Å². The molecule has 0 bridgehead atoms. The number of amides is 1. The van der Waals surface area contributed by atoms with Crippen molar-refractivity contribution in [3.8, 4) is 17.1 Å². The molecule has 13 heteroatoms. The number of hydrogen-bond acceptors (Lipinski definition) is 11. The number of carbonyl (C=O) groups excluding carboxylic acids is 4. The molecule has 0 aliphatic carbocycles. The number of likely N-dealkylation sites (tertiary alicyclic amines) is 1. The van der Waals surface area contributed by atoms with Gasteiger partial charge in [0.15, 0.2) is 11.0 Å². The average molecular weight is 704 g/mol. The molecule has 3 aliphatic rings. The highest BCUT2D eigenvalue weighted by molar-refractivity contribution is 6.01. The van der Waals surface area contributed by atoms with E-state index in [9.17, 15) is 29.1 Å². The maximum absolute atomic E-state index is 13.7. The van der Waals surface area contributed by atoms with E-state index in [-0.39, 0.29) is 67.9 Å². The van der Waals surface area contributed by atoms with E-state index in [0.29, 0.717) is 34.3 Å². The first-order chi connectivity index (χ1) is 23.8. The molecule has 3 aliphatic heterocycles. The number of esters is 3. The fourth-order valence-electron chi connectivity index (χ4n) is 6.94. The number of pyridine rings is 2. The summed E-state index contributed by atoms with van der Waals surface area (Å²) >= 11 is 0. The van der Waals surface area contributed by atoms with E-state index in [1.807, 2.05) is 19.1 Å². The molecular formula is C38H45N3O10. The maximum atomic E-state index is 13.7. The molecule has 13 nitrogen and oxygen atoms in total. The Morgan fingerprint density at radius 1 is 0.961 bits per heavy atom. The number of carbonyl (C=O) groups is 4. The fraction of sp³-hybridized carbons (Fsp3) is 0.526. The van der Waals surface area contributed by atoms with Crippen molar-refractivity contribution in [2.75, 3.05) is 13.1 Å². The normalized spacial score (nSPS) is 19.5. The minimum absolute atomic E-state index is 0.00269. The van der Waals surface area contributed by atoms with E-state index in [1.165, 1.54) is 4.90 Å². The van der Waals surface area contributed by atoms with Crippen molar-refractivity contribution < 1.29 is 43.2 Å². The quantitative estimate of drug-likeness (QED) is 0.171. The summed E-state index contributed by atoms with van der Waals surface area (Å²) < 4.78 is 24.0. The van der Waals surface area contributed by atoms with Crippen LogP contribution < -0.4 is 10.3 Å². The van der Waals surface area contributed by atoms with Crippen LogP contribution in [0, 0.1) is 5.41 Å². The third kappa shape index (κ3) is 6.25. The molecule has 0 saturated carbocycles. The van der Waals surface area contributed by atoms with Crippen molar-refractivity contribution in [1.82, 2.24) is 14.5 Å². The van der Waals surface area contributed by atoms with Gasteiger partial charge in [0, 0.05) is 29.6 Å². The zero-order valence-corrected chi connectivity index (χ0v) is 30.4. The first kappa shape index (κ1) is 36.0. The van der Waals surface area contributed by atoms with Gasteiger partial charge < -0.3 is 33.5 Å². The average Bonchev–Trinajstić information content (AvgIpc) is 3.42. The molecule has 5 heterocycles. The Labute approximate surface area is 295 Å². The largest absolute Gasteiger partial charge is 0.459 e. The summed E-state index contributed by atoms with van der Waals surface area (Å²) in [6.45, 7) is 14.1. The number of ether oxygens (including phenoxy) is 4. The number of aromatic nitrogens is 2. The fourth-order valence-corrected chi connectivity index (χ4v) is 6.94. The molecule has 3 aromatic rings. The van der Waals surface area contributed by atoms with Crippen LogP contribution in [0.15, 0.2) is 29.1 Å². The van der Waals surface area contributed by atoms with Gasteiger partial charge >= 0.3 is 24.0 Å². The van der Waals surface area contributed by atoms with Gasteiger partial charge in [-0.1, -0.05) is 19.9 Å². The van der Waals surface area contributed by atoms with Gasteiger partial charge in [-0.25, -0.2) is 14.6 Å². The third-order valence-electron chi connectivity index (χ3n) is 9.75. The molecule has 1 amide bonds. The van der Waals surface area contributed by atoms with Crippen molar-refractivity contribution in [2.45, 2.75) is 111 Å². The highest BCUT2D eigenvalue weighted by atomic mass is 16.6. The van der Waals surface area contributed by atoms with E-state index >= 15 is 0 Å². The molecule has 0 radical (unpaired) electrons. The predicted octanol–water partition coefficient (Wildman–Crippen LogP) is 4.91. The second-order valence-electron chi connectivity index (χ2n) is 15.5. The van der Waals surface area contributed by atoms with Crippen LogP contribution in [0.5, 0.6) is 5.75 Å². The first-order valence-corrected chi connectivity index (χ1v) is 17.4. The van der Waals surface area contributed by atoms with Crippen molar-refractivity contribution in [1.29, 1.82) is 0 Å². The Balaban J connectivity index is 1.30. The second kappa shape index (κ2) is 12.5. The minimum Gasteiger partial charge on any atom is -0.459 e. The van der Waals surface area contributed by atoms with E-state index in [1.54, 1.807) is 65.2 Å². The molecule has 6 rings (SSSR count). The van der Waals surface area contributed by atoms with E-state index in [4.69, 9.17) is 23.9 Å². The molecule has 2 aromatic heterocycles. The topological polar surface area (TPSA) is 164 Å². The summed E-state index contributed by atoms with van der Waals surface area (Å²) in [7, 11) is 0. The second-order valence-corrected chi connectivity index (χ2v) is 15.5. The lowest BCUT2D eigenvalue weighted by molar-refractivity contribution is -0.189. The molecule has 0 unspecified atom stereocenters. The van der Waals surface area contributed by atoms with E-state index in [2.05, 4.69) is 0 Å². The van der Waals surface area contributed by atoms with Crippen LogP contribution in [0.25, 0.3) is 22.3 Å². The number of hydrogen-bond donors (Lipinski definition) is 1. The number of benzene rings is 1. The Kier molecular flexibility index (Phi) is 8.81. The van der Waals surface area contributed by atoms with Gasteiger partial charge in [0.2, 0.25) is 0 Å². The molecule has 1 atom stereocenters. The van der Waals surface area contributed by atoms with Crippen LogP contribution in [-0.2, 0) is 53.8 Å². The van der Waals surface area contributed by atoms with E-state index < -0.39 is 46.2 Å². The lowest BCUT2D eigenvalue weighted by atomic mass is 9.78. The molecule has 51 heavy (non-hydrogen) atoms. The van der Waals surface area contributed by atoms with Crippen LogP contribution in [0.1, 0.15) is 96.9 Å². The SMILES string of the molecule is CCc1ccc(OC(=O)N2CCC(C(=O)OC(C)(C)C)(C(=O)OC(C)(C)C)CC2)c2cc3c(nc12)-c1cc2c(c(=O)n1C3)COC(=O)[C@]2(O)CC. The third-order valence-corrected chi connectivity index (χ3v) is 9.75. The van der Waals surface area contributed by atoms with Crippen LogP contribution in [0.4, 0.5) is 4.79 Å². The summed E-state index contributed by atoms with van der Waals surface area (Å²) in [4.78, 5) is 73.2. The van der Waals surface area contributed by atoms with Gasteiger partial charge in [0.25, 0.3) is 5.56 Å². The van der Waals surface area contributed by atoms with Crippen LogP contribution in [-0.4, -0.2) is 67.9 Å². The zero-order chi connectivity index (χ0) is 37.3. The lowest BCUT2D eigenvalue weighted by Crippen LogP contribution is -2.54. The predicted molar refractivity (Wildman–Crippen MR) is 185 cm³/mol. The number of aryl methyl sites for hydroxylation is 1. The highest BCUT2D eigenvalue weighted by Gasteiger charge is 2.53. The maximum Gasteiger partial charge on any atom is 0.415 e. The number of fused-ring (bicyclic) bond motifs is 5. The minimum atomic E-state index is -1.94. The summed E-state index contributed by atoms with van der Waals surface area (Å²) in [6, 6.07) is 7.05. The van der Waals surface area contributed by atoms with Gasteiger partial charge in [-0.15, -0.1) is 0 Å². The molecule has 0 spiro atoms. The number of nitrogens with zero attached hydrogens (tertiary/aromatic N) is 3. The molecule has 1 aromatic carbocycles. The molecule has 1 fully saturated rings. The Bertz CT molecular complexity index is 2000. The standard InChI is InChI=1S/C38H45N3O10/c1-9-21-11-12-27(49-34(46)40-15-13-37(14-16-40,31(43)50-35(3,4)5)32(44)51-36(6,7)8)23-17-22-19-41-26(29(22)39-28(21)23)18-25-24(30(41)42)20-48-33(45)38(25,47)10-2/h11-12,17-18,47H,9-10,13-16,19-20H2,1-8H3/t38-/m0/s1. The Morgan fingerprint density at radius 3 is 2.16 bits per heavy atom. The van der Waals surface area contributed by atoms with Crippen LogP contribution >= 0.6 is 0 Å². The number of piperidine rings is 1. The van der Waals surface area contributed by atoms with E-state index in [0.717, 1.165) is 5.56 Å². The zero-order valence-electron chi connectivity index (χ0n) is 30.4. The number of aliphatic hydroxyl groups is 1. The smallest absolute Gasteiger partial charge is 0.415 e. The molecule has 1 N–H and O–H groups in total. The first-order valence-electron chi connectivity index (χ1n) is 17.4. The van der Waals surface area contributed by atoms with Crippen molar-refractivity contribution in [3.05, 3.63) is 56.9 Å². The lowest BCUT2D eigenvalue weighted by Gasteiger charge is -2.40. The van der Waals surface area contributed by atoms with Crippen LogP contribution in [0.2, 0.25) is 0 Å². The summed E-state index contributed by atoms with van der Waals surface area (Å²) in [6.07, 6.45) is 0.000312. The van der Waals surface area contributed by atoms with Gasteiger partial charge in [-0.2, -0.15) is 0 Å². The summed E-state index contributed by atoms with van der Waals surface area (Å²) in [5, 5.41) is 11.8. The summed E-state index contributed by atoms with van der Waals surface area (Å²) in [5.74, 6) is -1.89. The van der Waals surface area contributed by atoms with Crippen molar-refractivity contribution in [2.24, 2.45) is 5.41 Å². The molecular weight excluding hydrogens is 658 g/mol. The van der Waals surface area contributed by atoms with Crippen molar-refractivity contribution >= 4 is 34.9 Å². The summed E-state index contributed by atoms with van der Waals surface area (Å²) in [5.41, 5.74) is -1.89. The Morgan fingerprint density at radius 2 is 1.59 bits per heavy atom. The molecule has 272 valence electrons. The monoisotopic (exact) mass is 703 g/mol. The number of rotatable bonds is 5.